The minimum atomic E-state index is -0.682. The molecular formula is C18H34N2O2. The molecule has 0 aromatic carbocycles. The zero-order chi connectivity index (χ0) is 15.9. The van der Waals surface area contributed by atoms with Crippen LogP contribution in [0.3, 0.4) is 0 Å². The maximum atomic E-state index is 10.8. The molecule has 2 rings (SSSR count). The molecule has 1 aliphatic heterocycles. The second-order valence-corrected chi connectivity index (χ2v) is 7.75. The smallest absolute Gasteiger partial charge is 0.304 e. The summed E-state index contributed by atoms with van der Waals surface area (Å²) in [4.78, 5) is 13.2. The number of likely N-dealkylation sites (tertiary alicyclic amines) is 1. The van der Waals surface area contributed by atoms with Gasteiger partial charge < -0.3 is 15.3 Å². The molecule has 1 heterocycles. The van der Waals surface area contributed by atoms with Crippen LogP contribution in [0, 0.1) is 17.8 Å². The third-order valence-corrected chi connectivity index (χ3v) is 5.56. The van der Waals surface area contributed by atoms with Crippen LogP contribution in [0.25, 0.3) is 0 Å². The molecule has 4 heteroatoms. The third-order valence-electron chi connectivity index (χ3n) is 5.56. The molecule has 128 valence electrons. The molecule has 2 aliphatic rings. The van der Waals surface area contributed by atoms with Gasteiger partial charge in [-0.1, -0.05) is 33.1 Å². The van der Waals surface area contributed by atoms with Crippen molar-refractivity contribution in [2.75, 3.05) is 26.2 Å². The monoisotopic (exact) mass is 310 g/mol. The molecule has 1 aliphatic carbocycles. The van der Waals surface area contributed by atoms with Gasteiger partial charge in [0.2, 0.25) is 0 Å². The van der Waals surface area contributed by atoms with Gasteiger partial charge in [0.25, 0.3) is 0 Å². The Labute approximate surface area is 135 Å². The summed E-state index contributed by atoms with van der Waals surface area (Å²) in [5, 5.41) is 12.7. The van der Waals surface area contributed by atoms with Crippen LogP contribution < -0.4 is 5.32 Å². The first-order chi connectivity index (χ1) is 10.5. The highest BCUT2D eigenvalue weighted by Crippen LogP contribution is 2.26. The van der Waals surface area contributed by atoms with Gasteiger partial charge in [-0.2, -0.15) is 0 Å². The number of nitrogens with zero attached hydrogens (tertiary/aromatic N) is 1. The van der Waals surface area contributed by atoms with Gasteiger partial charge in [0.1, 0.15) is 0 Å². The van der Waals surface area contributed by atoms with Crippen LogP contribution >= 0.6 is 0 Å². The minimum absolute atomic E-state index is 0.264. The first-order valence-corrected chi connectivity index (χ1v) is 9.22. The Balaban J connectivity index is 1.80. The predicted octanol–water partition coefficient (Wildman–Crippen LogP) is 2.98. The second kappa shape index (κ2) is 8.88. The Morgan fingerprint density at radius 2 is 1.95 bits per heavy atom. The van der Waals surface area contributed by atoms with E-state index in [4.69, 9.17) is 5.11 Å². The molecule has 2 atom stereocenters. The molecule has 1 saturated heterocycles. The van der Waals surface area contributed by atoms with Gasteiger partial charge in [-0.25, -0.2) is 0 Å². The summed E-state index contributed by atoms with van der Waals surface area (Å²) in [5.74, 6) is 1.54. The van der Waals surface area contributed by atoms with Crippen molar-refractivity contribution in [2.45, 2.75) is 64.8 Å². The van der Waals surface area contributed by atoms with E-state index in [0.29, 0.717) is 24.4 Å². The van der Waals surface area contributed by atoms with Gasteiger partial charge in [-0.15, -0.1) is 0 Å². The van der Waals surface area contributed by atoms with Crippen LogP contribution in [0.2, 0.25) is 0 Å². The predicted molar refractivity (Wildman–Crippen MR) is 90.0 cm³/mol. The maximum Gasteiger partial charge on any atom is 0.304 e. The Bertz CT molecular complexity index is 340. The fourth-order valence-corrected chi connectivity index (χ4v) is 4.02. The quantitative estimate of drug-likeness (QED) is 0.759. The molecule has 22 heavy (non-hydrogen) atoms. The first kappa shape index (κ1) is 17.7. The molecule has 0 aromatic heterocycles. The van der Waals surface area contributed by atoms with E-state index in [1.54, 1.807) is 0 Å². The zero-order valence-electron chi connectivity index (χ0n) is 14.4. The Kier molecular flexibility index (Phi) is 7.16. The van der Waals surface area contributed by atoms with E-state index in [1.807, 2.05) is 0 Å². The highest BCUT2D eigenvalue weighted by molar-refractivity contribution is 5.66. The highest BCUT2D eigenvalue weighted by atomic mass is 16.4. The minimum Gasteiger partial charge on any atom is -0.481 e. The Morgan fingerprint density at radius 3 is 2.59 bits per heavy atom. The average Bonchev–Trinajstić information content (AvgIpc) is 2.52. The second-order valence-electron chi connectivity index (χ2n) is 7.75. The summed E-state index contributed by atoms with van der Waals surface area (Å²) in [6.07, 6.45) is 8.49. The van der Waals surface area contributed by atoms with Crippen molar-refractivity contribution in [3.63, 3.8) is 0 Å². The molecule has 0 aromatic rings. The average molecular weight is 310 g/mol. The standard InChI is InChI=1S/C18H34N2O2/c1-14(2)16-10-17(13-20(12-16)9-8-18(21)22)19-11-15-6-4-3-5-7-15/h14-17,19H,3-13H2,1-2H3,(H,21,22). The van der Waals surface area contributed by atoms with Gasteiger partial charge >= 0.3 is 5.97 Å². The molecule has 1 saturated carbocycles. The number of rotatable bonds is 7. The lowest BCUT2D eigenvalue weighted by Crippen LogP contribution is -2.51. The molecule has 2 fully saturated rings. The van der Waals surface area contributed by atoms with Crippen molar-refractivity contribution in [1.82, 2.24) is 10.2 Å². The number of carboxylic acids is 1. The van der Waals surface area contributed by atoms with Crippen molar-refractivity contribution < 1.29 is 9.90 Å². The number of aliphatic carboxylic acids is 1. The third kappa shape index (κ3) is 5.88. The molecule has 2 unspecified atom stereocenters. The van der Waals surface area contributed by atoms with E-state index in [2.05, 4.69) is 24.1 Å². The fraction of sp³-hybridized carbons (Fsp3) is 0.944. The number of carbonyl (C=O) groups is 1. The van der Waals surface area contributed by atoms with E-state index >= 15 is 0 Å². The lowest BCUT2D eigenvalue weighted by molar-refractivity contribution is -0.137. The van der Waals surface area contributed by atoms with Crippen LogP contribution in [0.15, 0.2) is 0 Å². The molecular weight excluding hydrogens is 276 g/mol. The van der Waals surface area contributed by atoms with E-state index in [1.165, 1.54) is 38.5 Å². The van der Waals surface area contributed by atoms with Crippen LogP contribution in [-0.2, 0) is 4.79 Å². The Hall–Kier alpha value is -0.610. The van der Waals surface area contributed by atoms with Gasteiger partial charge in [-0.05, 0) is 43.6 Å². The normalized spacial score (nSPS) is 28.1. The van der Waals surface area contributed by atoms with Crippen molar-refractivity contribution >= 4 is 5.97 Å². The lowest BCUT2D eigenvalue weighted by atomic mass is 9.84. The van der Waals surface area contributed by atoms with Crippen LogP contribution in [0.4, 0.5) is 0 Å². The fourth-order valence-electron chi connectivity index (χ4n) is 4.02. The highest BCUT2D eigenvalue weighted by Gasteiger charge is 2.29. The molecule has 0 radical (unpaired) electrons. The van der Waals surface area contributed by atoms with Crippen molar-refractivity contribution in [3.05, 3.63) is 0 Å². The SMILES string of the molecule is CC(C)C1CC(NCC2CCCCC2)CN(CCC(=O)O)C1. The largest absolute Gasteiger partial charge is 0.481 e. The van der Waals surface area contributed by atoms with Gasteiger partial charge in [0.15, 0.2) is 0 Å². The maximum absolute atomic E-state index is 10.8. The summed E-state index contributed by atoms with van der Waals surface area (Å²) >= 11 is 0. The molecule has 2 N–H and O–H groups in total. The Morgan fingerprint density at radius 1 is 1.23 bits per heavy atom. The van der Waals surface area contributed by atoms with Gasteiger partial charge in [0, 0.05) is 25.7 Å². The number of hydrogen-bond donors (Lipinski definition) is 2. The van der Waals surface area contributed by atoms with E-state index in [-0.39, 0.29) is 6.42 Å². The summed E-state index contributed by atoms with van der Waals surface area (Å²) in [6.45, 7) is 8.52. The van der Waals surface area contributed by atoms with Crippen LogP contribution in [0.1, 0.15) is 58.8 Å². The first-order valence-electron chi connectivity index (χ1n) is 9.22. The molecule has 0 bridgehead atoms. The number of piperidine rings is 1. The topological polar surface area (TPSA) is 52.6 Å². The number of nitrogens with one attached hydrogen (secondary N) is 1. The van der Waals surface area contributed by atoms with E-state index in [0.717, 1.165) is 25.6 Å². The molecule has 0 spiro atoms. The number of carboxylic acid groups (broad SMARTS) is 1. The summed E-state index contributed by atoms with van der Waals surface area (Å²) in [7, 11) is 0. The summed E-state index contributed by atoms with van der Waals surface area (Å²) in [5.41, 5.74) is 0. The van der Waals surface area contributed by atoms with Crippen molar-refractivity contribution in [2.24, 2.45) is 17.8 Å². The lowest BCUT2D eigenvalue weighted by Gasteiger charge is -2.40. The zero-order valence-corrected chi connectivity index (χ0v) is 14.4. The summed E-state index contributed by atoms with van der Waals surface area (Å²) in [6, 6.07) is 0.539. The van der Waals surface area contributed by atoms with E-state index in [9.17, 15) is 4.79 Å². The molecule has 0 amide bonds. The number of hydrogen-bond acceptors (Lipinski definition) is 3. The van der Waals surface area contributed by atoms with Gasteiger partial charge in [-0.3, -0.25) is 4.79 Å². The van der Waals surface area contributed by atoms with Crippen LogP contribution in [0.5, 0.6) is 0 Å². The van der Waals surface area contributed by atoms with Gasteiger partial charge in [0.05, 0.1) is 6.42 Å². The molecule has 4 nitrogen and oxygen atoms in total. The van der Waals surface area contributed by atoms with Crippen molar-refractivity contribution in [1.29, 1.82) is 0 Å². The summed E-state index contributed by atoms with van der Waals surface area (Å²) < 4.78 is 0. The van der Waals surface area contributed by atoms with Crippen molar-refractivity contribution in [3.8, 4) is 0 Å². The van der Waals surface area contributed by atoms with E-state index < -0.39 is 5.97 Å². The van der Waals surface area contributed by atoms with Crippen LogP contribution in [-0.4, -0.2) is 48.2 Å².